The molecule has 33 nitrogen and oxygen atoms in total. The first-order valence-corrected chi connectivity index (χ1v) is 33.7. The van der Waals surface area contributed by atoms with E-state index in [9.17, 15) is 96.7 Å². The third-order valence-corrected chi connectivity index (χ3v) is 24.1. The highest BCUT2D eigenvalue weighted by atomic mass is 16.8. The Morgan fingerprint density at radius 1 is 0.453 bits per heavy atom. The van der Waals surface area contributed by atoms with Crippen molar-refractivity contribution in [2.45, 2.75) is 282 Å². The highest BCUT2D eigenvalue weighted by Gasteiger charge is 2.72. The van der Waals surface area contributed by atoms with Crippen LogP contribution in [0.5, 0.6) is 0 Å². The van der Waals surface area contributed by atoms with Crippen LogP contribution in [0.15, 0.2) is 0 Å². The number of carbonyl (C=O) groups is 1. The van der Waals surface area contributed by atoms with E-state index in [1.54, 1.807) is 0 Å². The standard InChI is InChI=1S/C62H100O33/c1-21-9-11-62(83-19-21)22(2)36-29(95-62)12-26-23-7-8-24-28(6-5-10-60(24,3)25(23)13-35(69)61(26,36)4)84-55-46(79)43(76)50(34(18-67)89-55)91-59-53(94-57-45(78)42(75)38(71)31(15-64)86-57)52(40(73)33(17-66)88-59)93-54-47(80)49(27(68)20-82-54)90-58-48(81)51(39(72)32(16-65)87-58)92-56-44(77)41(74)37(70)30(14-63)85-56/h21-34,36-59,63-68,70-81H,5-20H2,1-4H3. The van der Waals surface area contributed by atoms with Crippen LogP contribution in [0.3, 0.4) is 0 Å². The van der Waals surface area contributed by atoms with Gasteiger partial charge in [0, 0.05) is 30.1 Å². The predicted molar refractivity (Wildman–Crippen MR) is 308 cm³/mol. The van der Waals surface area contributed by atoms with Gasteiger partial charge in [0.15, 0.2) is 43.5 Å². The van der Waals surface area contributed by atoms with E-state index in [-0.39, 0.29) is 52.8 Å². The molecule has 1 spiro atoms. The normalized spacial score (nSPS) is 56.5. The topological polar surface area (TPSA) is 510 Å². The maximum Gasteiger partial charge on any atom is 0.187 e. The molecule has 0 aromatic heterocycles. The molecule has 4 saturated carbocycles. The van der Waals surface area contributed by atoms with Gasteiger partial charge in [-0.15, -0.1) is 0 Å². The Kier molecular flexibility index (Phi) is 22.3. The molecular weight excluding hydrogens is 1270 g/mol. The van der Waals surface area contributed by atoms with Gasteiger partial charge in [-0.1, -0.05) is 34.1 Å². The summed E-state index contributed by atoms with van der Waals surface area (Å²) in [4.78, 5) is 14.9. The summed E-state index contributed by atoms with van der Waals surface area (Å²) in [6, 6.07) is 0. The Morgan fingerprint density at radius 3 is 1.56 bits per heavy atom. The zero-order valence-corrected chi connectivity index (χ0v) is 53.4. The van der Waals surface area contributed by atoms with Crippen LogP contribution in [0, 0.1) is 52.3 Å². The number of Topliss-reactive ketones (excluding diaryl/α,β-unsaturated/α-hetero) is 1. The molecule has 12 aliphatic rings. The molecule has 8 saturated heterocycles. The van der Waals surface area contributed by atoms with Crippen LogP contribution >= 0.6 is 0 Å². The van der Waals surface area contributed by atoms with Crippen LogP contribution in [0.1, 0.15) is 85.5 Å². The van der Waals surface area contributed by atoms with E-state index in [1.165, 1.54) is 0 Å². The van der Waals surface area contributed by atoms with Crippen LogP contribution < -0.4 is 0 Å². The third kappa shape index (κ3) is 12.8. The van der Waals surface area contributed by atoms with Gasteiger partial charge < -0.3 is 158 Å². The van der Waals surface area contributed by atoms with Crippen molar-refractivity contribution in [3.05, 3.63) is 0 Å². The van der Waals surface area contributed by atoms with E-state index >= 15 is 0 Å². The molecule has 0 radical (unpaired) electrons. The summed E-state index contributed by atoms with van der Waals surface area (Å²) in [6.45, 7) is 3.91. The quantitative estimate of drug-likeness (QED) is 0.0643. The summed E-state index contributed by atoms with van der Waals surface area (Å²) in [5.74, 6) is 0.369. The lowest BCUT2D eigenvalue weighted by Gasteiger charge is -2.61. The molecule has 33 heteroatoms. The zero-order valence-electron chi connectivity index (χ0n) is 53.4. The molecule has 8 heterocycles. The van der Waals surface area contributed by atoms with Gasteiger partial charge in [-0.25, -0.2) is 0 Å². The molecule has 95 heavy (non-hydrogen) atoms. The van der Waals surface area contributed by atoms with Crippen molar-refractivity contribution < 1.29 is 163 Å². The van der Waals surface area contributed by atoms with Crippen molar-refractivity contribution in [1.82, 2.24) is 0 Å². The molecule has 18 N–H and O–H groups in total. The van der Waals surface area contributed by atoms with Crippen molar-refractivity contribution in [2.24, 2.45) is 52.3 Å². The molecular formula is C62H100O33. The lowest BCUT2D eigenvalue weighted by atomic mass is 9.43. The van der Waals surface area contributed by atoms with Gasteiger partial charge in [-0.2, -0.15) is 0 Å². The number of aliphatic hydroxyl groups excluding tert-OH is 18. The second kappa shape index (κ2) is 28.9. The first-order chi connectivity index (χ1) is 45.2. The molecule has 0 bridgehead atoms. The Bertz CT molecular complexity index is 2550. The van der Waals surface area contributed by atoms with Gasteiger partial charge in [0.2, 0.25) is 0 Å². The minimum atomic E-state index is -2.22. The number of ether oxygens (including phenoxy) is 14. The second-order valence-corrected chi connectivity index (χ2v) is 29.3. The fourth-order valence-corrected chi connectivity index (χ4v) is 18.7. The molecule has 12 rings (SSSR count). The molecule has 41 unspecified atom stereocenters. The summed E-state index contributed by atoms with van der Waals surface area (Å²) in [5, 5.41) is 198. The van der Waals surface area contributed by atoms with Gasteiger partial charge in [0.05, 0.1) is 58.5 Å². The first-order valence-electron chi connectivity index (χ1n) is 33.7. The van der Waals surface area contributed by atoms with E-state index in [1.807, 2.05) is 0 Å². The smallest absolute Gasteiger partial charge is 0.187 e. The fourth-order valence-electron chi connectivity index (χ4n) is 18.7. The van der Waals surface area contributed by atoms with Crippen molar-refractivity contribution in [1.29, 1.82) is 0 Å². The predicted octanol–water partition coefficient (Wildman–Crippen LogP) is -7.44. The summed E-state index contributed by atoms with van der Waals surface area (Å²) in [6.07, 6.45) is -49.7. The number of hydrogen-bond donors (Lipinski definition) is 18. The SMILES string of the molecule is CC1CCC2(OC1)OC1CC3C4CCC5C(OC6OC(CO)C(OC7OC(CO)C(O)C(OC8OCC(O)C(OC9OC(CO)C(O)C(OC%10OC(CO)C(O)C(O)C%10O)C9O)C8O)C7OC7OC(CO)C(O)C(O)C7O)C(O)C6O)CCCC5(C)C4CC(=O)C3(C)C1C2C. The molecule has 4 aliphatic carbocycles. The van der Waals surface area contributed by atoms with Gasteiger partial charge in [-0.05, 0) is 73.5 Å². The van der Waals surface area contributed by atoms with E-state index < -0.39 is 235 Å². The number of fused-ring (bicyclic) bond motifs is 7. The van der Waals surface area contributed by atoms with E-state index in [0.29, 0.717) is 25.4 Å². The van der Waals surface area contributed by atoms with Crippen molar-refractivity contribution in [3.8, 4) is 0 Å². The summed E-state index contributed by atoms with van der Waals surface area (Å²) in [7, 11) is 0. The van der Waals surface area contributed by atoms with Crippen LogP contribution in [-0.4, -0.2) is 340 Å². The zero-order chi connectivity index (χ0) is 68.2. The fraction of sp³-hybridized carbons (Fsp3) is 0.984. The maximum atomic E-state index is 14.9. The number of ketones is 1. The minimum Gasteiger partial charge on any atom is -0.394 e. The lowest BCUT2D eigenvalue weighted by molar-refractivity contribution is -0.408. The second-order valence-electron chi connectivity index (χ2n) is 29.3. The van der Waals surface area contributed by atoms with Gasteiger partial charge >= 0.3 is 0 Å². The van der Waals surface area contributed by atoms with Gasteiger partial charge in [0.25, 0.3) is 0 Å². The highest BCUT2D eigenvalue weighted by molar-refractivity contribution is 5.87. The monoisotopic (exact) mass is 1370 g/mol. The summed E-state index contributed by atoms with van der Waals surface area (Å²) < 4.78 is 85.2. The third-order valence-electron chi connectivity index (χ3n) is 24.1. The Balaban J connectivity index is 0.753. The minimum absolute atomic E-state index is 0.0317. The van der Waals surface area contributed by atoms with Gasteiger partial charge in [-0.3, -0.25) is 4.79 Å². The van der Waals surface area contributed by atoms with Gasteiger partial charge in [0.1, 0.15) is 146 Å². The van der Waals surface area contributed by atoms with Crippen LogP contribution in [-0.2, 0) is 71.1 Å². The molecule has 12 fully saturated rings. The average molecular weight is 1370 g/mol. The molecule has 0 aromatic rings. The molecule has 0 amide bonds. The number of carbonyl (C=O) groups excluding carboxylic acids is 1. The van der Waals surface area contributed by atoms with Crippen molar-refractivity contribution >= 4 is 5.78 Å². The van der Waals surface area contributed by atoms with E-state index in [2.05, 4.69) is 27.7 Å². The van der Waals surface area contributed by atoms with E-state index in [0.717, 1.165) is 44.9 Å². The largest absolute Gasteiger partial charge is 0.394 e. The first kappa shape index (κ1) is 73.2. The summed E-state index contributed by atoms with van der Waals surface area (Å²) in [5.41, 5.74) is -0.943. The molecule has 546 valence electrons. The number of hydrogen-bond acceptors (Lipinski definition) is 33. The average Bonchev–Trinajstić information content (AvgIpc) is 1.55. The highest BCUT2D eigenvalue weighted by Crippen LogP contribution is 2.71. The number of rotatable bonds is 17. The van der Waals surface area contributed by atoms with E-state index in [4.69, 9.17) is 66.3 Å². The van der Waals surface area contributed by atoms with Crippen molar-refractivity contribution in [2.75, 3.05) is 46.2 Å². The Labute approximate surface area is 547 Å². The lowest BCUT2D eigenvalue weighted by Crippen LogP contribution is -2.69. The molecule has 41 atom stereocenters. The summed E-state index contributed by atoms with van der Waals surface area (Å²) >= 11 is 0. The molecule has 0 aromatic carbocycles. The van der Waals surface area contributed by atoms with Crippen LogP contribution in [0.25, 0.3) is 0 Å². The van der Waals surface area contributed by atoms with Crippen molar-refractivity contribution in [3.63, 3.8) is 0 Å². The van der Waals surface area contributed by atoms with Crippen LogP contribution in [0.2, 0.25) is 0 Å². The Morgan fingerprint density at radius 2 is 0.958 bits per heavy atom. The Hall–Kier alpha value is -1.61. The maximum absolute atomic E-state index is 14.9. The van der Waals surface area contributed by atoms with Crippen LogP contribution in [0.4, 0.5) is 0 Å². The molecule has 8 aliphatic heterocycles. The number of aliphatic hydroxyl groups is 18.